The molecule has 0 bridgehead atoms. The summed E-state index contributed by atoms with van der Waals surface area (Å²) in [7, 11) is 0. The fourth-order valence-corrected chi connectivity index (χ4v) is 6.28. The molecule has 0 radical (unpaired) electrons. The molecule has 2 amide bonds. The summed E-state index contributed by atoms with van der Waals surface area (Å²) in [6.45, 7) is 8.16. The second-order valence-corrected chi connectivity index (χ2v) is 11.0. The van der Waals surface area contributed by atoms with Crippen molar-refractivity contribution in [3.63, 3.8) is 0 Å². The number of anilines is 1. The Bertz CT molecular complexity index is 1490. The Morgan fingerprint density at radius 2 is 2.05 bits per heavy atom. The van der Waals surface area contributed by atoms with Crippen LogP contribution in [0.2, 0.25) is 5.02 Å². The topological polar surface area (TPSA) is 97.4 Å². The zero-order chi connectivity index (χ0) is 25.3. The first-order chi connectivity index (χ1) is 18.0. The molecule has 3 aromatic rings. The van der Waals surface area contributed by atoms with Gasteiger partial charge in [0, 0.05) is 29.7 Å². The molecule has 1 aromatic carbocycles. The van der Waals surface area contributed by atoms with E-state index in [9.17, 15) is 9.59 Å². The lowest BCUT2D eigenvalue weighted by atomic mass is 9.75. The van der Waals surface area contributed by atoms with Crippen molar-refractivity contribution in [2.45, 2.75) is 50.1 Å². The first-order valence-electron chi connectivity index (χ1n) is 12.7. The number of carbonyl (C=O) groups is 2. The van der Waals surface area contributed by atoms with Gasteiger partial charge in [-0.2, -0.15) is 0 Å². The van der Waals surface area contributed by atoms with Crippen LogP contribution in [0.1, 0.15) is 64.8 Å². The molecular weight excluding hydrogens is 490 g/mol. The van der Waals surface area contributed by atoms with Crippen molar-refractivity contribution in [1.82, 2.24) is 25.3 Å². The molecule has 10 heteroatoms. The van der Waals surface area contributed by atoms with Crippen molar-refractivity contribution < 1.29 is 9.59 Å². The van der Waals surface area contributed by atoms with Gasteiger partial charge in [0.1, 0.15) is 5.82 Å². The average molecular weight is 514 g/mol. The smallest absolute Gasteiger partial charge is 0.273 e. The van der Waals surface area contributed by atoms with Crippen LogP contribution in [0.3, 0.4) is 0 Å². The predicted octanol–water partition coefficient (Wildman–Crippen LogP) is 4.07. The van der Waals surface area contributed by atoms with Gasteiger partial charge in [-0.1, -0.05) is 35.0 Å². The quantitative estimate of drug-likeness (QED) is 0.519. The molecule has 3 aliphatic carbocycles. The van der Waals surface area contributed by atoms with Crippen LogP contribution < -0.4 is 10.2 Å². The summed E-state index contributed by atoms with van der Waals surface area (Å²) < 4.78 is 1.75. The molecule has 3 atom stereocenters. The van der Waals surface area contributed by atoms with E-state index >= 15 is 0 Å². The van der Waals surface area contributed by atoms with Gasteiger partial charge in [-0.25, -0.2) is 14.5 Å². The number of fused-ring (bicyclic) bond motifs is 2. The summed E-state index contributed by atoms with van der Waals surface area (Å²) in [4.78, 5) is 35.3. The van der Waals surface area contributed by atoms with Gasteiger partial charge in [-0.3, -0.25) is 14.5 Å². The largest absolute Gasteiger partial charge is 0.348 e. The van der Waals surface area contributed by atoms with E-state index in [4.69, 9.17) is 18.2 Å². The Hall–Kier alpha value is -3.77. The van der Waals surface area contributed by atoms with Crippen molar-refractivity contribution >= 4 is 34.9 Å². The lowest BCUT2D eigenvalue weighted by molar-refractivity contribution is -0.118. The minimum atomic E-state index is -0.246. The number of hydrogen-bond donors (Lipinski definition) is 1. The van der Waals surface area contributed by atoms with Crippen LogP contribution in [0.5, 0.6) is 0 Å². The molecule has 37 heavy (non-hydrogen) atoms. The number of aromatic nitrogens is 4. The highest BCUT2D eigenvalue weighted by Crippen LogP contribution is 2.47. The summed E-state index contributed by atoms with van der Waals surface area (Å²) in [6.07, 6.45) is 7.80. The zero-order valence-corrected chi connectivity index (χ0v) is 20.7. The molecule has 2 saturated carbocycles. The van der Waals surface area contributed by atoms with Gasteiger partial charge in [0.2, 0.25) is 5.91 Å². The average Bonchev–Trinajstić information content (AvgIpc) is 3.18. The van der Waals surface area contributed by atoms with Crippen LogP contribution in [0.15, 0.2) is 36.7 Å². The van der Waals surface area contributed by atoms with Crippen LogP contribution in [0.25, 0.3) is 4.85 Å². The minimum Gasteiger partial charge on any atom is -0.348 e. The third-order valence-electron chi connectivity index (χ3n) is 8.34. The zero-order valence-electron chi connectivity index (χ0n) is 20.0. The number of amides is 2. The van der Waals surface area contributed by atoms with E-state index in [1.807, 2.05) is 23.2 Å². The van der Waals surface area contributed by atoms with Crippen molar-refractivity contribution in [2.75, 3.05) is 11.4 Å². The maximum Gasteiger partial charge on any atom is 0.273 e. The third-order valence-corrected chi connectivity index (χ3v) is 8.58. The molecule has 9 nitrogen and oxygen atoms in total. The highest BCUT2D eigenvalue weighted by atomic mass is 35.5. The van der Waals surface area contributed by atoms with E-state index in [0.29, 0.717) is 16.6 Å². The minimum absolute atomic E-state index is 0.0226. The van der Waals surface area contributed by atoms with E-state index in [2.05, 4.69) is 25.5 Å². The third kappa shape index (κ3) is 3.78. The van der Waals surface area contributed by atoms with E-state index in [1.165, 1.54) is 5.56 Å². The number of benzene rings is 1. The van der Waals surface area contributed by atoms with E-state index < -0.39 is 0 Å². The fourth-order valence-electron chi connectivity index (χ4n) is 6.10. The number of pyridine rings is 1. The molecule has 3 fully saturated rings. The predicted molar refractivity (Wildman–Crippen MR) is 136 cm³/mol. The molecule has 186 valence electrons. The SMILES string of the molecule is [C-]#[N+]c1ccc(Cl)cc1C1CC(NC(=O)c2cn([C@H]3CCc4cc(N5C[C@H]6C[C@H]6C5=O)ncc43)nn2)C1. The normalized spacial score (nSPS) is 27.3. The maximum atomic E-state index is 12.8. The van der Waals surface area contributed by atoms with E-state index in [0.717, 1.165) is 55.6 Å². The number of carbonyl (C=O) groups excluding carboxylic acids is 2. The Morgan fingerprint density at radius 3 is 2.84 bits per heavy atom. The van der Waals surface area contributed by atoms with Crippen LogP contribution in [0, 0.1) is 18.4 Å². The molecular formula is C27H24ClN7O2. The summed E-state index contributed by atoms with van der Waals surface area (Å²) in [5.41, 5.74) is 4.08. The first-order valence-corrected chi connectivity index (χ1v) is 13.1. The molecule has 2 aromatic heterocycles. The summed E-state index contributed by atoms with van der Waals surface area (Å²) in [5.74, 6) is 1.63. The first kappa shape index (κ1) is 22.4. The highest BCUT2D eigenvalue weighted by molar-refractivity contribution is 6.30. The lowest BCUT2D eigenvalue weighted by Gasteiger charge is -2.36. The van der Waals surface area contributed by atoms with Gasteiger partial charge in [-0.15, -0.1) is 5.10 Å². The summed E-state index contributed by atoms with van der Waals surface area (Å²) in [6, 6.07) is 7.36. The molecule has 1 saturated heterocycles. The van der Waals surface area contributed by atoms with Crippen molar-refractivity contribution in [1.29, 1.82) is 0 Å². The van der Waals surface area contributed by atoms with Crippen LogP contribution in [0.4, 0.5) is 11.5 Å². The summed E-state index contributed by atoms with van der Waals surface area (Å²) >= 11 is 6.13. The number of rotatable bonds is 5. The van der Waals surface area contributed by atoms with E-state index in [-0.39, 0.29) is 41.4 Å². The number of nitrogens with zero attached hydrogens (tertiary/aromatic N) is 6. The van der Waals surface area contributed by atoms with Gasteiger partial charge < -0.3 is 5.32 Å². The van der Waals surface area contributed by atoms with Crippen LogP contribution in [-0.4, -0.2) is 44.4 Å². The fraction of sp³-hybridized carbons (Fsp3) is 0.407. The van der Waals surface area contributed by atoms with Gasteiger partial charge >= 0.3 is 0 Å². The van der Waals surface area contributed by atoms with Gasteiger partial charge in [0.15, 0.2) is 11.4 Å². The van der Waals surface area contributed by atoms with Crippen LogP contribution >= 0.6 is 11.6 Å². The van der Waals surface area contributed by atoms with Crippen molar-refractivity contribution in [3.05, 3.63) is 75.5 Å². The molecule has 0 spiro atoms. The molecule has 1 aliphatic heterocycles. The number of aryl methyl sites for hydroxylation is 1. The second kappa shape index (κ2) is 8.38. The van der Waals surface area contributed by atoms with Gasteiger partial charge in [-0.05, 0) is 66.7 Å². The Kier molecular flexibility index (Phi) is 5.08. The van der Waals surface area contributed by atoms with Crippen molar-refractivity contribution in [2.24, 2.45) is 11.8 Å². The molecule has 0 unspecified atom stereocenters. The standard InChI is InChI=1S/C27H24ClN7O2/c1-29-22-4-3-17(28)10-19(22)15-6-18(7-15)31-26(36)23-13-35(33-32-23)24-5-2-14-9-25(30-11-21(14)24)34-12-16-8-20(16)27(34)37/h3-4,9-11,13,15-16,18,20,24H,2,5-8,12H2,(H,31,36)/t15?,16-,18?,20-,24+/m1/s1. The Labute approximate surface area is 218 Å². The Morgan fingerprint density at radius 1 is 1.19 bits per heavy atom. The molecule has 4 aliphatic rings. The summed E-state index contributed by atoms with van der Waals surface area (Å²) in [5, 5.41) is 12.1. The van der Waals surface area contributed by atoms with E-state index in [1.54, 1.807) is 23.0 Å². The van der Waals surface area contributed by atoms with Gasteiger partial charge in [0.05, 0.1) is 18.8 Å². The lowest BCUT2D eigenvalue weighted by Crippen LogP contribution is -2.43. The molecule has 1 N–H and O–H groups in total. The number of hydrogen-bond acceptors (Lipinski definition) is 5. The number of piperidine rings is 1. The molecule has 7 rings (SSSR count). The highest BCUT2D eigenvalue weighted by Gasteiger charge is 2.53. The Balaban J connectivity index is 0.998. The van der Waals surface area contributed by atoms with Crippen LogP contribution in [-0.2, 0) is 11.2 Å². The molecule has 3 heterocycles. The maximum absolute atomic E-state index is 12.8. The number of nitrogens with one attached hydrogen (secondary N) is 1. The van der Waals surface area contributed by atoms with Crippen molar-refractivity contribution in [3.8, 4) is 0 Å². The van der Waals surface area contributed by atoms with Gasteiger partial charge in [0.25, 0.3) is 5.91 Å². The number of halogens is 1. The monoisotopic (exact) mass is 513 g/mol. The second-order valence-electron chi connectivity index (χ2n) is 10.6.